The summed E-state index contributed by atoms with van der Waals surface area (Å²) >= 11 is 0. The highest BCUT2D eigenvalue weighted by molar-refractivity contribution is 6.61. The van der Waals surface area contributed by atoms with Gasteiger partial charge < -0.3 is 23.8 Å². The van der Waals surface area contributed by atoms with Crippen LogP contribution in [0.15, 0.2) is 12.4 Å². The van der Waals surface area contributed by atoms with Crippen LogP contribution in [0.4, 0.5) is 10.7 Å². The van der Waals surface area contributed by atoms with Crippen molar-refractivity contribution in [2.45, 2.75) is 96.6 Å². The van der Waals surface area contributed by atoms with E-state index in [1.54, 1.807) is 17.3 Å². The van der Waals surface area contributed by atoms with E-state index in [0.29, 0.717) is 25.1 Å². The minimum absolute atomic E-state index is 0.197. The van der Waals surface area contributed by atoms with Gasteiger partial charge in [-0.25, -0.2) is 14.8 Å². The van der Waals surface area contributed by atoms with E-state index in [1.165, 1.54) is 0 Å². The van der Waals surface area contributed by atoms with Gasteiger partial charge in [0.25, 0.3) is 0 Å². The molecule has 1 aromatic rings. The molecule has 0 spiro atoms. The molecule has 3 fully saturated rings. The monoisotopic (exact) mass is 430 g/mol. The number of amides is 1. The van der Waals surface area contributed by atoms with Crippen molar-refractivity contribution in [3.8, 4) is 0 Å². The number of carbonyl (C=O) groups excluding carboxylic acids is 1. The molecule has 170 valence electrons. The summed E-state index contributed by atoms with van der Waals surface area (Å²) in [6, 6.07) is 0.633. The maximum Gasteiger partial charge on any atom is 0.498 e. The van der Waals surface area contributed by atoms with Crippen LogP contribution < -0.4 is 10.4 Å². The maximum absolute atomic E-state index is 12.5. The number of likely N-dealkylation sites (tertiary alicyclic amines) is 1. The molecule has 1 atom stereocenters. The fraction of sp³-hybridized carbons (Fsp3) is 0.773. The van der Waals surface area contributed by atoms with Gasteiger partial charge in [0.2, 0.25) is 5.95 Å². The Kier molecular flexibility index (Phi) is 5.49. The molecule has 0 bridgehead atoms. The van der Waals surface area contributed by atoms with Crippen LogP contribution in [0.1, 0.15) is 67.7 Å². The van der Waals surface area contributed by atoms with Crippen LogP contribution in [0.5, 0.6) is 0 Å². The molecule has 1 amide bonds. The molecule has 1 unspecified atom stereocenters. The molecule has 0 radical (unpaired) electrons. The summed E-state index contributed by atoms with van der Waals surface area (Å²) in [5, 5.41) is 0. The summed E-state index contributed by atoms with van der Waals surface area (Å²) in [6.07, 6.45) is 6.51. The van der Waals surface area contributed by atoms with Crippen molar-refractivity contribution in [3.63, 3.8) is 0 Å². The summed E-state index contributed by atoms with van der Waals surface area (Å²) in [6.45, 7) is 15.1. The average Bonchev–Trinajstić information content (AvgIpc) is 3.29. The van der Waals surface area contributed by atoms with E-state index in [0.717, 1.165) is 24.7 Å². The van der Waals surface area contributed by atoms with Gasteiger partial charge in [-0.15, -0.1) is 0 Å². The first-order chi connectivity index (χ1) is 14.4. The van der Waals surface area contributed by atoms with Gasteiger partial charge in [-0.1, -0.05) is 0 Å². The van der Waals surface area contributed by atoms with E-state index in [4.69, 9.17) is 14.0 Å². The lowest BCUT2D eigenvalue weighted by molar-refractivity contribution is 0.00578. The number of ether oxygens (including phenoxy) is 1. The zero-order chi connectivity index (χ0) is 22.6. The Labute approximate surface area is 185 Å². The van der Waals surface area contributed by atoms with Crippen LogP contribution >= 0.6 is 0 Å². The van der Waals surface area contributed by atoms with Gasteiger partial charge in [-0.2, -0.15) is 0 Å². The summed E-state index contributed by atoms with van der Waals surface area (Å²) in [4.78, 5) is 25.9. The van der Waals surface area contributed by atoms with Crippen molar-refractivity contribution in [1.29, 1.82) is 0 Å². The Morgan fingerprint density at radius 1 is 1.10 bits per heavy atom. The molecule has 2 aliphatic heterocycles. The third kappa shape index (κ3) is 4.67. The van der Waals surface area contributed by atoms with Crippen molar-refractivity contribution in [2.75, 3.05) is 18.0 Å². The van der Waals surface area contributed by atoms with Crippen molar-refractivity contribution in [2.24, 2.45) is 0 Å². The van der Waals surface area contributed by atoms with Crippen molar-refractivity contribution < 1.29 is 18.8 Å². The molecule has 1 aliphatic carbocycles. The molecular weight excluding hydrogens is 395 g/mol. The lowest BCUT2D eigenvalue weighted by atomic mass is 9.81. The lowest BCUT2D eigenvalue weighted by Crippen LogP contribution is -2.43. The van der Waals surface area contributed by atoms with E-state index in [9.17, 15) is 4.79 Å². The van der Waals surface area contributed by atoms with Gasteiger partial charge in [0, 0.05) is 37.0 Å². The second-order valence-corrected chi connectivity index (χ2v) is 10.9. The Morgan fingerprint density at radius 3 is 2.19 bits per heavy atom. The van der Waals surface area contributed by atoms with E-state index in [1.807, 2.05) is 48.5 Å². The molecule has 3 heterocycles. The molecule has 1 aromatic heterocycles. The third-order valence-corrected chi connectivity index (χ3v) is 6.56. The Bertz CT molecular complexity index is 804. The molecule has 1 saturated carbocycles. The molecule has 0 N–H and O–H groups in total. The molecular formula is C22H35BN4O4. The highest BCUT2D eigenvalue weighted by atomic mass is 16.7. The van der Waals surface area contributed by atoms with Crippen LogP contribution in [0.3, 0.4) is 0 Å². The fourth-order valence-electron chi connectivity index (χ4n) is 4.00. The third-order valence-electron chi connectivity index (χ3n) is 6.56. The molecule has 9 heteroatoms. The van der Waals surface area contributed by atoms with E-state index in [2.05, 4.69) is 14.9 Å². The molecule has 4 rings (SSSR count). The van der Waals surface area contributed by atoms with Crippen molar-refractivity contribution >= 4 is 24.6 Å². The summed E-state index contributed by atoms with van der Waals surface area (Å²) < 4.78 is 17.8. The number of nitrogens with zero attached hydrogens (tertiary/aromatic N) is 4. The van der Waals surface area contributed by atoms with Gasteiger partial charge in [0.05, 0.1) is 17.2 Å². The zero-order valence-corrected chi connectivity index (χ0v) is 19.8. The standard InChI is InChI=1S/C22H35BN4O4/c1-20(2,3)29-19(28)26-11-10-17(14-26)27(16-8-9-16)18-24-12-15(13-25-18)23-30-21(4,5)22(6,7)31-23/h12-13,16-17H,8-11,14H2,1-7H3. The first kappa shape index (κ1) is 22.3. The first-order valence-corrected chi connectivity index (χ1v) is 11.3. The SMILES string of the molecule is CC(C)(C)OC(=O)N1CCC(N(c2ncc(B3OC(C)(C)C(C)(C)O3)cn2)C2CC2)C1. The normalized spacial score (nSPS) is 25.1. The van der Waals surface area contributed by atoms with E-state index >= 15 is 0 Å². The van der Waals surface area contributed by atoms with Crippen molar-refractivity contribution in [3.05, 3.63) is 12.4 Å². The number of hydrogen-bond donors (Lipinski definition) is 0. The van der Waals surface area contributed by atoms with Crippen LogP contribution in [-0.2, 0) is 14.0 Å². The number of rotatable bonds is 4. The van der Waals surface area contributed by atoms with Gasteiger partial charge in [0.15, 0.2) is 0 Å². The van der Waals surface area contributed by atoms with Crippen LogP contribution in [0.25, 0.3) is 0 Å². The van der Waals surface area contributed by atoms with Gasteiger partial charge >= 0.3 is 13.2 Å². The average molecular weight is 430 g/mol. The molecule has 3 aliphatic rings. The summed E-state index contributed by atoms with van der Waals surface area (Å²) in [5.74, 6) is 0.707. The predicted octanol–water partition coefficient (Wildman–Crippen LogP) is 2.75. The zero-order valence-electron chi connectivity index (χ0n) is 19.8. The molecule has 31 heavy (non-hydrogen) atoms. The van der Waals surface area contributed by atoms with Gasteiger partial charge in [0.1, 0.15) is 5.60 Å². The number of carbonyl (C=O) groups is 1. The highest BCUT2D eigenvalue weighted by Crippen LogP contribution is 2.37. The fourth-order valence-corrected chi connectivity index (χ4v) is 4.00. The lowest BCUT2D eigenvalue weighted by Gasteiger charge is -2.32. The summed E-state index contributed by atoms with van der Waals surface area (Å²) in [5.41, 5.74) is -0.464. The predicted molar refractivity (Wildman–Crippen MR) is 119 cm³/mol. The van der Waals surface area contributed by atoms with Crippen LogP contribution in [-0.4, -0.2) is 70.1 Å². The van der Waals surface area contributed by atoms with E-state index < -0.39 is 23.9 Å². The van der Waals surface area contributed by atoms with Gasteiger partial charge in [-0.3, -0.25) is 0 Å². The quantitative estimate of drug-likeness (QED) is 0.680. The maximum atomic E-state index is 12.5. The molecule has 2 saturated heterocycles. The van der Waals surface area contributed by atoms with Gasteiger partial charge in [-0.05, 0) is 67.7 Å². The minimum Gasteiger partial charge on any atom is -0.444 e. The highest BCUT2D eigenvalue weighted by Gasteiger charge is 2.52. The van der Waals surface area contributed by atoms with Crippen LogP contribution in [0.2, 0.25) is 0 Å². The Hall–Kier alpha value is -1.87. The number of hydrogen-bond acceptors (Lipinski definition) is 7. The second-order valence-electron chi connectivity index (χ2n) is 10.9. The number of aromatic nitrogens is 2. The topological polar surface area (TPSA) is 77.0 Å². The minimum atomic E-state index is -0.488. The first-order valence-electron chi connectivity index (χ1n) is 11.3. The molecule has 0 aromatic carbocycles. The molecule has 8 nitrogen and oxygen atoms in total. The largest absolute Gasteiger partial charge is 0.498 e. The Morgan fingerprint density at radius 2 is 1.68 bits per heavy atom. The smallest absolute Gasteiger partial charge is 0.444 e. The Balaban J connectivity index is 1.45. The number of anilines is 1. The van der Waals surface area contributed by atoms with E-state index in [-0.39, 0.29) is 12.1 Å². The summed E-state index contributed by atoms with van der Waals surface area (Å²) in [7, 11) is -0.470. The van der Waals surface area contributed by atoms with Crippen molar-refractivity contribution in [1.82, 2.24) is 14.9 Å². The van der Waals surface area contributed by atoms with Crippen LogP contribution in [0, 0.1) is 0 Å². The second kappa shape index (κ2) is 7.62.